The molecule has 2 atom stereocenters. The van der Waals surface area contributed by atoms with Gasteiger partial charge in [0, 0.05) is 13.6 Å². The van der Waals surface area contributed by atoms with Gasteiger partial charge in [-0.1, -0.05) is 6.92 Å². The van der Waals surface area contributed by atoms with E-state index in [0.717, 1.165) is 32.4 Å². The van der Waals surface area contributed by atoms with Gasteiger partial charge in [-0.15, -0.1) is 0 Å². The lowest BCUT2D eigenvalue weighted by Gasteiger charge is -2.36. The van der Waals surface area contributed by atoms with Gasteiger partial charge in [-0.3, -0.25) is 4.79 Å². The fraction of sp³-hybridized carbons (Fsp3) is 0.923. The predicted octanol–water partition coefficient (Wildman–Crippen LogP) is 0.604. The highest BCUT2D eigenvalue weighted by Crippen LogP contribution is 2.28. The zero-order chi connectivity index (χ0) is 12.4. The van der Waals surface area contributed by atoms with Crippen LogP contribution in [0.15, 0.2) is 0 Å². The second-order valence-electron chi connectivity index (χ2n) is 5.85. The average Bonchev–Trinajstić information content (AvgIpc) is 2.26. The SMILES string of the molecule is CC1CCNC(C(=O)N(C)CC2CC(O)C2)C1. The van der Waals surface area contributed by atoms with Crippen LogP contribution in [0.1, 0.15) is 32.6 Å². The number of aliphatic hydroxyl groups excluding tert-OH is 1. The molecule has 0 aromatic heterocycles. The van der Waals surface area contributed by atoms with E-state index in [2.05, 4.69) is 12.2 Å². The van der Waals surface area contributed by atoms with Crippen molar-refractivity contribution in [3.8, 4) is 0 Å². The van der Waals surface area contributed by atoms with E-state index in [9.17, 15) is 9.90 Å². The third kappa shape index (κ3) is 3.19. The maximum absolute atomic E-state index is 12.2. The van der Waals surface area contributed by atoms with Crippen molar-refractivity contribution in [1.29, 1.82) is 0 Å². The van der Waals surface area contributed by atoms with Crippen LogP contribution in [-0.2, 0) is 4.79 Å². The molecule has 0 bridgehead atoms. The monoisotopic (exact) mass is 240 g/mol. The van der Waals surface area contributed by atoms with Crippen LogP contribution in [0.5, 0.6) is 0 Å². The maximum atomic E-state index is 12.2. The lowest BCUT2D eigenvalue weighted by Crippen LogP contribution is -2.50. The fourth-order valence-corrected chi connectivity index (χ4v) is 2.89. The number of piperidine rings is 1. The molecule has 4 heteroatoms. The topological polar surface area (TPSA) is 52.6 Å². The molecule has 0 aromatic carbocycles. The van der Waals surface area contributed by atoms with Crippen LogP contribution in [0, 0.1) is 11.8 Å². The number of rotatable bonds is 3. The number of aliphatic hydroxyl groups is 1. The molecule has 1 saturated carbocycles. The number of hydrogen-bond donors (Lipinski definition) is 2. The summed E-state index contributed by atoms with van der Waals surface area (Å²) in [6.45, 7) is 3.96. The summed E-state index contributed by atoms with van der Waals surface area (Å²) in [5.41, 5.74) is 0. The molecule has 1 amide bonds. The Kier molecular flexibility index (Phi) is 4.05. The Morgan fingerprint density at radius 1 is 1.41 bits per heavy atom. The Morgan fingerprint density at radius 3 is 2.71 bits per heavy atom. The first kappa shape index (κ1) is 12.8. The lowest BCUT2D eigenvalue weighted by molar-refractivity contribution is -0.134. The van der Waals surface area contributed by atoms with Crippen molar-refractivity contribution < 1.29 is 9.90 Å². The van der Waals surface area contributed by atoms with Gasteiger partial charge in [0.2, 0.25) is 5.91 Å². The molecule has 1 heterocycles. The van der Waals surface area contributed by atoms with E-state index < -0.39 is 0 Å². The molecule has 17 heavy (non-hydrogen) atoms. The molecule has 0 spiro atoms. The van der Waals surface area contributed by atoms with Gasteiger partial charge in [0.05, 0.1) is 12.1 Å². The van der Waals surface area contributed by atoms with Gasteiger partial charge in [0.25, 0.3) is 0 Å². The van der Waals surface area contributed by atoms with Crippen molar-refractivity contribution in [2.75, 3.05) is 20.1 Å². The van der Waals surface area contributed by atoms with E-state index in [1.54, 1.807) is 0 Å². The molecule has 2 aliphatic rings. The molecule has 2 N–H and O–H groups in total. The van der Waals surface area contributed by atoms with Gasteiger partial charge in [0.1, 0.15) is 0 Å². The number of hydrogen-bond acceptors (Lipinski definition) is 3. The molecule has 2 unspecified atom stereocenters. The minimum Gasteiger partial charge on any atom is -0.393 e. The van der Waals surface area contributed by atoms with Gasteiger partial charge in [-0.05, 0) is 44.1 Å². The first-order chi connectivity index (χ1) is 8.06. The third-order valence-corrected chi connectivity index (χ3v) is 4.08. The van der Waals surface area contributed by atoms with E-state index in [0.29, 0.717) is 11.8 Å². The Labute approximate surface area is 103 Å². The smallest absolute Gasteiger partial charge is 0.239 e. The van der Waals surface area contributed by atoms with Crippen LogP contribution in [0.4, 0.5) is 0 Å². The minimum atomic E-state index is -0.128. The van der Waals surface area contributed by atoms with Crippen LogP contribution in [-0.4, -0.2) is 48.2 Å². The number of amides is 1. The third-order valence-electron chi connectivity index (χ3n) is 4.08. The van der Waals surface area contributed by atoms with E-state index in [-0.39, 0.29) is 18.1 Å². The van der Waals surface area contributed by atoms with Crippen LogP contribution in [0.25, 0.3) is 0 Å². The summed E-state index contributed by atoms with van der Waals surface area (Å²) >= 11 is 0. The highest BCUT2D eigenvalue weighted by Gasteiger charge is 2.32. The van der Waals surface area contributed by atoms with Gasteiger partial charge < -0.3 is 15.3 Å². The van der Waals surface area contributed by atoms with Crippen LogP contribution in [0.3, 0.4) is 0 Å². The van der Waals surface area contributed by atoms with Crippen molar-refractivity contribution in [2.45, 2.75) is 44.8 Å². The van der Waals surface area contributed by atoms with Gasteiger partial charge in [-0.25, -0.2) is 0 Å². The van der Waals surface area contributed by atoms with Crippen molar-refractivity contribution in [1.82, 2.24) is 10.2 Å². The molecule has 0 radical (unpaired) electrons. The normalized spacial score (nSPS) is 37.4. The van der Waals surface area contributed by atoms with Crippen molar-refractivity contribution in [2.24, 2.45) is 11.8 Å². The summed E-state index contributed by atoms with van der Waals surface area (Å²) in [6.07, 6.45) is 3.70. The summed E-state index contributed by atoms with van der Waals surface area (Å²) in [5.74, 6) is 1.36. The first-order valence-electron chi connectivity index (χ1n) is 6.72. The number of nitrogens with zero attached hydrogens (tertiary/aromatic N) is 1. The largest absolute Gasteiger partial charge is 0.393 e. The fourth-order valence-electron chi connectivity index (χ4n) is 2.89. The Hall–Kier alpha value is -0.610. The molecule has 98 valence electrons. The zero-order valence-corrected chi connectivity index (χ0v) is 10.9. The standard InChI is InChI=1S/C13H24N2O2/c1-9-3-4-14-12(5-9)13(17)15(2)8-10-6-11(16)7-10/h9-12,14,16H,3-8H2,1-2H3. The Morgan fingerprint density at radius 2 is 2.12 bits per heavy atom. The second kappa shape index (κ2) is 5.36. The van der Waals surface area contributed by atoms with Crippen LogP contribution < -0.4 is 5.32 Å². The maximum Gasteiger partial charge on any atom is 0.239 e. The minimum absolute atomic E-state index is 0.00810. The van der Waals surface area contributed by atoms with E-state index in [1.807, 2.05) is 11.9 Å². The lowest BCUT2D eigenvalue weighted by atomic mass is 9.82. The highest BCUT2D eigenvalue weighted by molar-refractivity contribution is 5.81. The van der Waals surface area contributed by atoms with Crippen molar-refractivity contribution >= 4 is 5.91 Å². The molecular weight excluding hydrogens is 216 g/mol. The molecule has 1 aliphatic heterocycles. The molecule has 4 nitrogen and oxygen atoms in total. The van der Waals surface area contributed by atoms with Crippen molar-refractivity contribution in [3.05, 3.63) is 0 Å². The number of nitrogens with one attached hydrogen (secondary N) is 1. The average molecular weight is 240 g/mol. The van der Waals surface area contributed by atoms with Crippen molar-refractivity contribution in [3.63, 3.8) is 0 Å². The number of carbonyl (C=O) groups is 1. The van der Waals surface area contributed by atoms with E-state index in [4.69, 9.17) is 0 Å². The van der Waals surface area contributed by atoms with Gasteiger partial charge in [0.15, 0.2) is 0 Å². The summed E-state index contributed by atoms with van der Waals surface area (Å²) in [5, 5.41) is 12.5. The molecule has 1 saturated heterocycles. The molecular formula is C13H24N2O2. The van der Waals surface area contributed by atoms with E-state index in [1.165, 1.54) is 6.42 Å². The zero-order valence-electron chi connectivity index (χ0n) is 10.9. The molecule has 2 fully saturated rings. The summed E-state index contributed by atoms with van der Waals surface area (Å²) in [7, 11) is 1.88. The first-order valence-corrected chi connectivity index (χ1v) is 6.72. The second-order valence-corrected chi connectivity index (χ2v) is 5.85. The summed E-state index contributed by atoms with van der Waals surface area (Å²) in [4.78, 5) is 14.0. The molecule has 0 aromatic rings. The molecule has 1 aliphatic carbocycles. The predicted molar refractivity (Wildman–Crippen MR) is 66.6 cm³/mol. The van der Waals surface area contributed by atoms with Crippen LogP contribution in [0.2, 0.25) is 0 Å². The van der Waals surface area contributed by atoms with Crippen LogP contribution >= 0.6 is 0 Å². The number of carbonyl (C=O) groups excluding carboxylic acids is 1. The quantitative estimate of drug-likeness (QED) is 0.760. The van der Waals surface area contributed by atoms with Gasteiger partial charge in [-0.2, -0.15) is 0 Å². The number of likely N-dealkylation sites (N-methyl/N-ethyl adjacent to an activating group) is 1. The Balaban J connectivity index is 1.77. The van der Waals surface area contributed by atoms with E-state index >= 15 is 0 Å². The summed E-state index contributed by atoms with van der Waals surface area (Å²) < 4.78 is 0. The highest BCUT2D eigenvalue weighted by atomic mass is 16.3. The molecule has 2 rings (SSSR count). The Bertz CT molecular complexity index is 277. The summed E-state index contributed by atoms with van der Waals surface area (Å²) in [6, 6.07) is 0.00810. The van der Waals surface area contributed by atoms with Gasteiger partial charge >= 0.3 is 0 Å².